The van der Waals surface area contributed by atoms with E-state index in [0.29, 0.717) is 5.25 Å². The Hall–Kier alpha value is -1.30. The number of carbonyl (C=O) groups is 1. The summed E-state index contributed by atoms with van der Waals surface area (Å²) in [6.45, 7) is 0. The maximum Gasteiger partial charge on any atom is 0.251 e. The van der Waals surface area contributed by atoms with Crippen LogP contribution in [0.25, 0.3) is 0 Å². The molecule has 0 saturated heterocycles. The predicted molar refractivity (Wildman–Crippen MR) is 78.3 cm³/mol. The highest BCUT2D eigenvalue weighted by Crippen LogP contribution is 2.29. The lowest BCUT2D eigenvalue weighted by molar-refractivity contribution is 0.0938. The van der Waals surface area contributed by atoms with Gasteiger partial charge in [-0.25, -0.2) is 8.78 Å². The van der Waals surface area contributed by atoms with Crippen molar-refractivity contribution in [3.05, 3.63) is 29.3 Å². The number of hydrogen-bond acceptors (Lipinski definition) is 3. The first kappa shape index (κ1) is 15.1. The van der Waals surface area contributed by atoms with Crippen molar-refractivity contribution in [1.82, 2.24) is 5.32 Å². The topological polar surface area (TPSA) is 41.1 Å². The summed E-state index contributed by atoms with van der Waals surface area (Å²) in [7, 11) is 1.43. The van der Waals surface area contributed by atoms with Crippen LogP contribution in [-0.4, -0.2) is 30.5 Å². The fourth-order valence-electron chi connectivity index (χ4n) is 2.57. The Balaban J connectivity index is 2.13. The first-order chi connectivity index (χ1) is 9.56. The molecule has 2 atom stereocenters. The van der Waals surface area contributed by atoms with Gasteiger partial charge in [-0.15, -0.1) is 0 Å². The standard InChI is InChI=1S/C14H18F2N2OS/c1-17-13-9(15)6-8(7-10(13)16)14(19)18-11-4-3-5-12(11)20-2/h6-7,11-12,17H,3-5H2,1-2H3,(H,18,19). The highest BCUT2D eigenvalue weighted by atomic mass is 32.2. The molecular formula is C14H18F2N2OS. The zero-order valence-electron chi connectivity index (χ0n) is 11.5. The summed E-state index contributed by atoms with van der Waals surface area (Å²) >= 11 is 1.72. The van der Waals surface area contributed by atoms with Gasteiger partial charge in [0.15, 0.2) is 0 Å². The third-order valence-corrected chi connectivity index (χ3v) is 4.80. The van der Waals surface area contributed by atoms with Crippen molar-refractivity contribution in [1.29, 1.82) is 0 Å². The van der Waals surface area contributed by atoms with Crippen LogP contribution >= 0.6 is 11.8 Å². The number of halogens is 2. The fraction of sp³-hybridized carbons (Fsp3) is 0.500. The molecule has 0 heterocycles. The van der Waals surface area contributed by atoms with Crippen molar-refractivity contribution in [3.8, 4) is 0 Å². The number of amides is 1. The second-order valence-corrected chi connectivity index (χ2v) is 5.93. The van der Waals surface area contributed by atoms with E-state index in [1.165, 1.54) is 7.05 Å². The normalized spacial score (nSPS) is 21.8. The van der Waals surface area contributed by atoms with E-state index < -0.39 is 17.5 Å². The van der Waals surface area contributed by atoms with Crippen molar-refractivity contribution in [2.45, 2.75) is 30.6 Å². The van der Waals surface area contributed by atoms with Crippen LogP contribution in [0.5, 0.6) is 0 Å². The van der Waals surface area contributed by atoms with Crippen LogP contribution in [0.1, 0.15) is 29.6 Å². The summed E-state index contributed by atoms with van der Waals surface area (Å²) in [5.41, 5.74) is -0.199. The van der Waals surface area contributed by atoms with Crippen molar-refractivity contribution in [3.63, 3.8) is 0 Å². The number of nitrogens with one attached hydrogen (secondary N) is 2. The lowest BCUT2D eigenvalue weighted by Gasteiger charge is -2.19. The molecule has 1 aliphatic carbocycles. The van der Waals surface area contributed by atoms with E-state index >= 15 is 0 Å². The molecule has 2 unspecified atom stereocenters. The van der Waals surface area contributed by atoms with Gasteiger partial charge in [-0.05, 0) is 31.2 Å². The van der Waals surface area contributed by atoms with Crippen molar-refractivity contribution < 1.29 is 13.6 Å². The third kappa shape index (κ3) is 3.06. The van der Waals surface area contributed by atoms with E-state index in [1.807, 2.05) is 6.26 Å². The quantitative estimate of drug-likeness (QED) is 0.898. The fourth-order valence-corrected chi connectivity index (χ4v) is 3.50. The van der Waals surface area contributed by atoms with Crippen LogP contribution in [0.3, 0.4) is 0 Å². The number of benzene rings is 1. The lowest BCUT2D eigenvalue weighted by atomic mass is 10.1. The van der Waals surface area contributed by atoms with Crippen LogP contribution in [0.2, 0.25) is 0 Å². The maximum absolute atomic E-state index is 13.6. The molecule has 1 aromatic rings. The minimum atomic E-state index is -0.759. The van der Waals surface area contributed by atoms with E-state index in [0.717, 1.165) is 31.4 Å². The number of carbonyl (C=O) groups excluding carboxylic acids is 1. The molecule has 110 valence electrons. The van der Waals surface area contributed by atoms with Crippen molar-refractivity contribution in [2.24, 2.45) is 0 Å². The Morgan fingerprint density at radius 3 is 2.50 bits per heavy atom. The number of hydrogen-bond donors (Lipinski definition) is 2. The van der Waals surface area contributed by atoms with Crippen LogP contribution in [0, 0.1) is 11.6 Å². The number of anilines is 1. The summed E-state index contributed by atoms with van der Waals surface area (Å²) in [5.74, 6) is -1.94. The average molecular weight is 300 g/mol. The molecule has 3 nitrogen and oxygen atoms in total. The summed E-state index contributed by atoms with van der Waals surface area (Å²) < 4.78 is 27.3. The van der Waals surface area contributed by atoms with Crippen LogP contribution in [0.4, 0.5) is 14.5 Å². The molecule has 0 radical (unpaired) electrons. The van der Waals surface area contributed by atoms with E-state index in [4.69, 9.17) is 0 Å². The Labute approximate surface area is 121 Å². The average Bonchev–Trinajstić information content (AvgIpc) is 2.85. The largest absolute Gasteiger partial charge is 0.383 e. The zero-order chi connectivity index (χ0) is 14.7. The molecule has 0 aromatic heterocycles. The molecule has 6 heteroatoms. The van der Waals surface area contributed by atoms with Crippen molar-refractivity contribution >= 4 is 23.4 Å². The summed E-state index contributed by atoms with van der Waals surface area (Å²) in [4.78, 5) is 12.1. The van der Waals surface area contributed by atoms with E-state index in [-0.39, 0.29) is 17.3 Å². The smallest absolute Gasteiger partial charge is 0.251 e. The van der Waals surface area contributed by atoms with Gasteiger partial charge in [0.25, 0.3) is 5.91 Å². The van der Waals surface area contributed by atoms with Gasteiger partial charge in [-0.3, -0.25) is 4.79 Å². The summed E-state index contributed by atoms with van der Waals surface area (Å²) in [6.07, 6.45) is 5.05. The highest BCUT2D eigenvalue weighted by molar-refractivity contribution is 7.99. The second kappa shape index (κ2) is 6.43. The molecular weight excluding hydrogens is 282 g/mol. The van der Waals surface area contributed by atoms with E-state index in [9.17, 15) is 13.6 Å². The van der Waals surface area contributed by atoms with Gasteiger partial charge >= 0.3 is 0 Å². The Morgan fingerprint density at radius 1 is 1.30 bits per heavy atom. The Bertz CT molecular complexity index is 487. The minimum Gasteiger partial charge on any atom is -0.383 e. The van der Waals surface area contributed by atoms with Crippen LogP contribution in [0.15, 0.2) is 12.1 Å². The molecule has 20 heavy (non-hydrogen) atoms. The van der Waals surface area contributed by atoms with Gasteiger partial charge in [-0.2, -0.15) is 11.8 Å². The predicted octanol–water partition coefficient (Wildman–Crippen LogP) is 3.02. The van der Waals surface area contributed by atoms with Crippen LogP contribution in [-0.2, 0) is 0 Å². The van der Waals surface area contributed by atoms with Gasteiger partial charge in [0.1, 0.15) is 17.3 Å². The summed E-state index contributed by atoms with van der Waals surface area (Å²) in [5, 5.41) is 5.69. The first-order valence-corrected chi connectivity index (χ1v) is 7.86. The SMILES string of the molecule is CNc1c(F)cc(C(=O)NC2CCCC2SC)cc1F. The molecule has 1 fully saturated rings. The molecule has 2 N–H and O–H groups in total. The molecule has 0 spiro atoms. The molecule has 1 aliphatic rings. The molecule has 1 amide bonds. The zero-order valence-corrected chi connectivity index (χ0v) is 12.3. The maximum atomic E-state index is 13.6. The molecule has 0 aliphatic heterocycles. The molecule has 1 saturated carbocycles. The van der Waals surface area contributed by atoms with Gasteiger partial charge in [0.2, 0.25) is 0 Å². The molecule has 2 rings (SSSR count). The third-order valence-electron chi connectivity index (χ3n) is 3.63. The van der Waals surface area contributed by atoms with E-state index in [2.05, 4.69) is 10.6 Å². The van der Waals surface area contributed by atoms with E-state index in [1.54, 1.807) is 11.8 Å². The number of thioether (sulfide) groups is 1. The summed E-state index contributed by atoms with van der Waals surface area (Å²) in [6, 6.07) is 2.20. The minimum absolute atomic E-state index is 0.0192. The Morgan fingerprint density at radius 2 is 1.95 bits per heavy atom. The van der Waals surface area contributed by atoms with Gasteiger partial charge in [0, 0.05) is 23.9 Å². The molecule has 0 bridgehead atoms. The second-order valence-electron chi connectivity index (χ2n) is 4.85. The monoisotopic (exact) mass is 300 g/mol. The Kier molecular flexibility index (Phi) is 4.86. The van der Waals surface area contributed by atoms with Gasteiger partial charge in [0.05, 0.1) is 0 Å². The number of rotatable bonds is 4. The molecule has 1 aromatic carbocycles. The van der Waals surface area contributed by atoms with Gasteiger partial charge < -0.3 is 10.6 Å². The van der Waals surface area contributed by atoms with Crippen molar-refractivity contribution in [2.75, 3.05) is 18.6 Å². The first-order valence-electron chi connectivity index (χ1n) is 6.57. The lowest BCUT2D eigenvalue weighted by Crippen LogP contribution is -2.38. The van der Waals surface area contributed by atoms with Gasteiger partial charge in [-0.1, -0.05) is 6.42 Å². The van der Waals surface area contributed by atoms with Crippen LogP contribution < -0.4 is 10.6 Å². The highest BCUT2D eigenvalue weighted by Gasteiger charge is 2.28.